The van der Waals surface area contributed by atoms with Crippen molar-refractivity contribution in [2.75, 3.05) is 44.6 Å². The molecule has 3 N–H and O–H groups in total. The van der Waals surface area contributed by atoms with Crippen LogP contribution in [0, 0.1) is 17.7 Å². The third-order valence-electron chi connectivity index (χ3n) is 8.11. The van der Waals surface area contributed by atoms with Crippen LogP contribution in [-0.4, -0.2) is 71.0 Å². The molecule has 39 heavy (non-hydrogen) atoms. The van der Waals surface area contributed by atoms with E-state index in [4.69, 9.17) is 0 Å². The quantitative estimate of drug-likeness (QED) is 0.388. The van der Waals surface area contributed by atoms with Crippen molar-refractivity contribution >= 4 is 28.7 Å². The Kier molecular flexibility index (Phi) is 8.45. The van der Waals surface area contributed by atoms with Crippen molar-refractivity contribution < 1.29 is 14.0 Å². The Bertz CT molecular complexity index is 1290. The van der Waals surface area contributed by atoms with Gasteiger partial charge in [-0.25, -0.2) is 14.2 Å². The lowest BCUT2D eigenvalue weighted by Gasteiger charge is -2.37. The topological polar surface area (TPSA) is 93.4 Å². The second-order valence-corrected chi connectivity index (χ2v) is 11.3. The first-order valence-corrected chi connectivity index (χ1v) is 14.2. The highest BCUT2D eigenvalue weighted by Gasteiger charge is 2.27. The zero-order valence-corrected chi connectivity index (χ0v) is 22.9. The number of benzene rings is 2. The largest absolute Gasteiger partial charge is 0.352 e. The van der Waals surface area contributed by atoms with Gasteiger partial charge in [-0.05, 0) is 74.9 Å². The molecule has 3 heterocycles. The van der Waals surface area contributed by atoms with Crippen molar-refractivity contribution in [3.63, 3.8) is 0 Å². The molecule has 5 rings (SSSR count). The summed E-state index contributed by atoms with van der Waals surface area (Å²) in [6.45, 7) is 9.33. The van der Waals surface area contributed by atoms with Gasteiger partial charge in [-0.2, -0.15) is 0 Å². The molecular formula is C30H39FN6O2. The number of imidazole rings is 1. The number of fused-ring (bicyclic) bond motifs is 1. The molecule has 9 heteroatoms. The number of amides is 3. The summed E-state index contributed by atoms with van der Waals surface area (Å²) in [5, 5.41) is 5.85. The number of rotatable bonds is 7. The van der Waals surface area contributed by atoms with E-state index in [-0.39, 0.29) is 23.5 Å². The van der Waals surface area contributed by atoms with Gasteiger partial charge in [-0.15, -0.1) is 0 Å². The van der Waals surface area contributed by atoms with Crippen LogP contribution >= 0.6 is 0 Å². The normalized spacial score (nSPS) is 17.6. The molecule has 0 unspecified atom stereocenters. The third-order valence-corrected chi connectivity index (χ3v) is 8.11. The lowest BCUT2D eigenvalue weighted by molar-refractivity contribution is 0.0930. The zero-order chi connectivity index (χ0) is 27.4. The number of anilines is 1. The van der Waals surface area contributed by atoms with Crippen molar-refractivity contribution in [1.29, 1.82) is 0 Å². The Morgan fingerprint density at radius 3 is 2.44 bits per heavy atom. The lowest BCUT2D eigenvalue weighted by atomic mass is 9.92. The van der Waals surface area contributed by atoms with Crippen molar-refractivity contribution in [2.24, 2.45) is 11.8 Å². The lowest BCUT2D eigenvalue weighted by Crippen LogP contribution is -2.45. The molecular weight excluding hydrogens is 495 g/mol. The molecule has 0 spiro atoms. The van der Waals surface area contributed by atoms with Gasteiger partial charge in [0.1, 0.15) is 17.2 Å². The predicted octanol–water partition coefficient (Wildman–Crippen LogP) is 5.21. The average Bonchev–Trinajstić information content (AvgIpc) is 3.39. The van der Waals surface area contributed by atoms with Gasteiger partial charge in [0.15, 0.2) is 0 Å². The number of hydrogen-bond acceptors (Lipinski definition) is 4. The maximum Gasteiger partial charge on any atom is 0.321 e. The summed E-state index contributed by atoms with van der Waals surface area (Å²) < 4.78 is 13.9. The summed E-state index contributed by atoms with van der Waals surface area (Å²) in [5.41, 5.74) is 2.49. The highest BCUT2D eigenvalue weighted by atomic mass is 19.1. The molecule has 2 aliphatic heterocycles. The molecule has 8 nitrogen and oxygen atoms in total. The van der Waals surface area contributed by atoms with Crippen LogP contribution in [0.1, 0.15) is 61.6 Å². The number of H-pyrrole nitrogens is 1. The monoisotopic (exact) mass is 534 g/mol. The summed E-state index contributed by atoms with van der Waals surface area (Å²) >= 11 is 0. The molecule has 0 saturated carbocycles. The number of para-hydroxylation sites is 2. The first-order valence-electron chi connectivity index (χ1n) is 14.2. The first kappa shape index (κ1) is 27.1. The predicted molar refractivity (Wildman–Crippen MR) is 151 cm³/mol. The number of piperidine rings is 2. The number of carbonyl (C=O) groups is 2. The van der Waals surface area contributed by atoms with E-state index >= 15 is 0 Å². The van der Waals surface area contributed by atoms with Crippen LogP contribution in [0.15, 0.2) is 42.5 Å². The minimum absolute atomic E-state index is 0.0596. The van der Waals surface area contributed by atoms with Crippen molar-refractivity contribution in [3.8, 4) is 0 Å². The number of hydrogen-bond donors (Lipinski definition) is 3. The number of nitrogens with one attached hydrogen (secondary N) is 3. The van der Waals surface area contributed by atoms with Crippen LogP contribution < -0.4 is 10.6 Å². The van der Waals surface area contributed by atoms with Crippen LogP contribution in [0.2, 0.25) is 0 Å². The Hall–Kier alpha value is -3.46. The van der Waals surface area contributed by atoms with Crippen LogP contribution in [0.3, 0.4) is 0 Å². The number of likely N-dealkylation sites (tertiary alicyclic amines) is 2. The molecule has 0 atom stereocenters. The van der Waals surface area contributed by atoms with Gasteiger partial charge < -0.3 is 25.4 Å². The average molecular weight is 535 g/mol. The van der Waals surface area contributed by atoms with Crippen molar-refractivity contribution in [3.05, 3.63) is 59.7 Å². The minimum atomic E-state index is -0.418. The third kappa shape index (κ3) is 6.58. The Morgan fingerprint density at radius 2 is 1.72 bits per heavy atom. The zero-order valence-electron chi connectivity index (χ0n) is 22.9. The SMILES string of the molecule is CC(C)c1nc2c(C(=O)NCC3CCN(CC4CCN(C(=O)Nc5ccccc5F)CC4)CC3)cccc2[nH]1. The van der Waals surface area contributed by atoms with Crippen LogP contribution in [-0.2, 0) is 0 Å². The molecule has 3 amide bonds. The maximum absolute atomic E-state index is 13.9. The number of nitrogens with zero attached hydrogens (tertiary/aromatic N) is 3. The van der Waals surface area contributed by atoms with Crippen LogP contribution in [0.4, 0.5) is 14.9 Å². The fourth-order valence-electron chi connectivity index (χ4n) is 5.65. The minimum Gasteiger partial charge on any atom is -0.352 e. The Balaban J connectivity index is 1.03. The van der Waals surface area contributed by atoms with Gasteiger partial charge in [-0.1, -0.05) is 32.0 Å². The highest BCUT2D eigenvalue weighted by Crippen LogP contribution is 2.24. The second kappa shape index (κ2) is 12.2. The molecule has 0 aliphatic carbocycles. The molecule has 0 bridgehead atoms. The smallest absolute Gasteiger partial charge is 0.321 e. The summed E-state index contributed by atoms with van der Waals surface area (Å²) in [4.78, 5) is 37.8. The molecule has 2 saturated heterocycles. The molecule has 2 fully saturated rings. The number of aromatic amines is 1. The summed E-state index contributed by atoms with van der Waals surface area (Å²) in [5.74, 6) is 1.72. The van der Waals surface area contributed by atoms with Gasteiger partial charge in [0.05, 0.1) is 16.8 Å². The van der Waals surface area contributed by atoms with E-state index in [1.165, 1.54) is 6.07 Å². The van der Waals surface area contributed by atoms with Crippen LogP contribution in [0.25, 0.3) is 11.0 Å². The van der Waals surface area contributed by atoms with E-state index in [2.05, 4.69) is 39.3 Å². The van der Waals surface area contributed by atoms with E-state index in [1.807, 2.05) is 18.2 Å². The van der Waals surface area contributed by atoms with Gasteiger partial charge in [0.2, 0.25) is 0 Å². The van der Waals surface area contributed by atoms with Gasteiger partial charge in [0, 0.05) is 32.1 Å². The Morgan fingerprint density at radius 1 is 1.00 bits per heavy atom. The Labute approximate surface area is 229 Å². The van der Waals surface area contributed by atoms with E-state index in [9.17, 15) is 14.0 Å². The van der Waals surface area contributed by atoms with Gasteiger partial charge in [-0.3, -0.25) is 4.79 Å². The summed E-state index contributed by atoms with van der Waals surface area (Å²) in [6, 6.07) is 11.7. The van der Waals surface area contributed by atoms with E-state index in [0.717, 1.165) is 62.2 Å². The molecule has 3 aromatic rings. The van der Waals surface area contributed by atoms with E-state index < -0.39 is 5.82 Å². The molecule has 1 aromatic heterocycles. The van der Waals surface area contributed by atoms with Crippen molar-refractivity contribution in [2.45, 2.75) is 45.4 Å². The number of aromatic nitrogens is 2. The second-order valence-electron chi connectivity index (χ2n) is 11.3. The summed E-state index contributed by atoms with van der Waals surface area (Å²) in [6.07, 6.45) is 4.04. The van der Waals surface area contributed by atoms with Gasteiger partial charge >= 0.3 is 6.03 Å². The molecule has 208 valence electrons. The van der Waals surface area contributed by atoms with Crippen molar-refractivity contribution in [1.82, 2.24) is 25.1 Å². The molecule has 0 radical (unpaired) electrons. The fourth-order valence-corrected chi connectivity index (χ4v) is 5.65. The molecule has 2 aromatic carbocycles. The standard InChI is InChI=1S/C30H39FN6O2/c1-20(2)28-33-26-9-5-6-23(27(26)35-28)29(38)32-18-21-10-14-36(15-11-21)19-22-12-16-37(17-13-22)30(39)34-25-8-4-3-7-24(25)31/h3-9,20-22H,10-19H2,1-2H3,(H,32,38)(H,33,35)(H,34,39). The van der Waals surface area contributed by atoms with E-state index in [0.29, 0.717) is 37.0 Å². The summed E-state index contributed by atoms with van der Waals surface area (Å²) in [7, 11) is 0. The van der Waals surface area contributed by atoms with Crippen LogP contribution in [0.5, 0.6) is 0 Å². The van der Waals surface area contributed by atoms with Gasteiger partial charge in [0.25, 0.3) is 5.91 Å². The fraction of sp³-hybridized carbons (Fsp3) is 0.500. The maximum atomic E-state index is 13.9. The number of halogens is 1. The highest BCUT2D eigenvalue weighted by molar-refractivity contribution is 6.04. The first-order chi connectivity index (χ1) is 18.9. The van der Waals surface area contributed by atoms with E-state index in [1.54, 1.807) is 23.1 Å². The molecule has 2 aliphatic rings. The number of carbonyl (C=O) groups excluding carboxylic acids is 2. The number of urea groups is 1.